The quantitative estimate of drug-likeness (QED) is 0.610. The Morgan fingerprint density at radius 2 is 1.95 bits per heavy atom. The number of hydrogen-bond acceptors (Lipinski definition) is 6. The van der Waals surface area contributed by atoms with Crippen molar-refractivity contribution in [3.63, 3.8) is 0 Å². The van der Waals surface area contributed by atoms with Gasteiger partial charge in [0, 0.05) is 6.42 Å². The van der Waals surface area contributed by atoms with Gasteiger partial charge in [0.2, 0.25) is 0 Å². The molecule has 3 heterocycles. The molecule has 0 amide bonds. The van der Waals surface area contributed by atoms with Crippen LogP contribution < -0.4 is 0 Å². The second kappa shape index (κ2) is 4.31. The molecule has 3 aliphatic rings. The van der Waals surface area contributed by atoms with Gasteiger partial charge in [-0.25, -0.2) is 9.78 Å². The monoisotopic (exact) mass is 341 g/mol. The smallest absolute Gasteiger partial charge is 0.435 e. The van der Waals surface area contributed by atoms with E-state index in [0.29, 0.717) is 11.3 Å². The van der Waals surface area contributed by atoms with Gasteiger partial charge in [0.05, 0.1) is 12.2 Å². The van der Waals surface area contributed by atoms with Gasteiger partial charge in [-0.1, -0.05) is 22.9 Å². The van der Waals surface area contributed by atoms with Crippen LogP contribution in [0.3, 0.4) is 0 Å². The van der Waals surface area contributed by atoms with Gasteiger partial charge in [-0.15, -0.1) is 0 Å². The Balaban J connectivity index is 1.55. The summed E-state index contributed by atoms with van der Waals surface area (Å²) in [5.74, 6) is -1.10. The lowest BCUT2D eigenvalue weighted by molar-refractivity contribution is -0.141. The number of nitrogens with zero attached hydrogens (tertiary/aromatic N) is 1. The predicted molar refractivity (Wildman–Crippen MR) is 63.3 cm³/mol. The number of alkyl halides is 3. The van der Waals surface area contributed by atoms with Crippen LogP contribution in [0, 0.1) is 0 Å². The second-order valence-electron chi connectivity index (χ2n) is 5.03. The van der Waals surface area contributed by atoms with Crippen LogP contribution >= 0.6 is 22.9 Å². The summed E-state index contributed by atoms with van der Waals surface area (Å²) in [7, 11) is 0. The maximum atomic E-state index is 12.8. The lowest BCUT2D eigenvalue weighted by Crippen LogP contribution is -2.35. The molecule has 114 valence electrons. The minimum absolute atomic E-state index is 0.0290. The van der Waals surface area contributed by atoms with Crippen LogP contribution in [0.2, 0.25) is 4.47 Å². The number of carbonyl (C=O) groups is 1. The normalized spacial score (nSPS) is 36.7. The predicted octanol–water partition coefficient (Wildman–Crippen LogP) is 2.28. The molecule has 0 N–H and O–H groups in total. The summed E-state index contributed by atoms with van der Waals surface area (Å²) in [5.41, 5.74) is -1.32. The molecular weight excluding hydrogens is 335 g/mol. The number of rotatable bonds is 2. The highest BCUT2D eigenvalue weighted by atomic mass is 35.5. The molecule has 2 saturated heterocycles. The van der Waals surface area contributed by atoms with Crippen molar-refractivity contribution in [1.29, 1.82) is 0 Å². The fourth-order valence-corrected chi connectivity index (χ4v) is 3.63. The van der Waals surface area contributed by atoms with E-state index in [1.807, 2.05) is 0 Å². The van der Waals surface area contributed by atoms with Crippen molar-refractivity contribution < 1.29 is 32.2 Å². The van der Waals surface area contributed by atoms with E-state index in [9.17, 15) is 18.0 Å². The van der Waals surface area contributed by atoms with Crippen LogP contribution in [-0.2, 0) is 20.4 Å². The van der Waals surface area contributed by atoms with Crippen LogP contribution in [0.25, 0.3) is 0 Å². The van der Waals surface area contributed by atoms with Crippen molar-refractivity contribution in [1.82, 2.24) is 4.98 Å². The number of halogens is 4. The van der Waals surface area contributed by atoms with Gasteiger partial charge in [0.1, 0.15) is 17.1 Å². The molecule has 4 atom stereocenters. The molecule has 1 saturated carbocycles. The number of esters is 1. The maximum Gasteiger partial charge on any atom is 0.435 e. The number of epoxide rings is 2. The van der Waals surface area contributed by atoms with Gasteiger partial charge < -0.3 is 14.2 Å². The molecule has 0 spiro atoms. The topological polar surface area (TPSA) is 64.2 Å². The van der Waals surface area contributed by atoms with Gasteiger partial charge in [0.15, 0.2) is 16.3 Å². The van der Waals surface area contributed by atoms with Crippen LogP contribution in [0.4, 0.5) is 13.2 Å². The molecule has 1 aromatic heterocycles. The standard InChI is InChI=1S/C11H7ClF3NO4S/c12-10-16-8(11(13,14)15)7(21-10)9(17)20-6-4-2(18-4)1-3-5(6)19-3/h2-6H,1H2. The van der Waals surface area contributed by atoms with Crippen LogP contribution in [0.5, 0.6) is 0 Å². The fourth-order valence-electron chi connectivity index (χ4n) is 2.62. The molecule has 0 radical (unpaired) electrons. The van der Waals surface area contributed by atoms with Crippen LogP contribution in [0.1, 0.15) is 21.8 Å². The molecule has 0 bridgehead atoms. The highest BCUT2D eigenvalue weighted by Crippen LogP contribution is 2.48. The Morgan fingerprint density at radius 3 is 2.52 bits per heavy atom. The van der Waals surface area contributed by atoms with Crippen molar-refractivity contribution >= 4 is 28.9 Å². The van der Waals surface area contributed by atoms with Crippen molar-refractivity contribution in [2.75, 3.05) is 0 Å². The van der Waals surface area contributed by atoms with Crippen molar-refractivity contribution in [2.45, 2.75) is 43.1 Å². The third-order valence-electron chi connectivity index (χ3n) is 3.65. The molecule has 4 rings (SSSR count). The fraction of sp³-hybridized carbons (Fsp3) is 0.636. The SMILES string of the molecule is O=C(OC1C2OC2CC2OC21)c1sc(Cl)nc1C(F)(F)F. The molecule has 5 nitrogen and oxygen atoms in total. The summed E-state index contributed by atoms with van der Waals surface area (Å²) in [6.07, 6.45) is -5.31. The average Bonchev–Trinajstić information content (AvgIpc) is 3.26. The first-order valence-corrected chi connectivity index (χ1v) is 7.29. The Morgan fingerprint density at radius 1 is 1.33 bits per heavy atom. The van der Waals surface area contributed by atoms with Crippen LogP contribution in [-0.4, -0.2) is 41.5 Å². The van der Waals surface area contributed by atoms with Gasteiger partial charge >= 0.3 is 12.1 Å². The first kappa shape index (κ1) is 13.7. The largest absolute Gasteiger partial charge is 0.452 e. The first-order valence-electron chi connectivity index (χ1n) is 6.10. The number of thiazole rings is 1. The van der Waals surface area contributed by atoms with Gasteiger partial charge in [-0.2, -0.15) is 13.2 Å². The second-order valence-corrected chi connectivity index (χ2v) is 6.61. The minimum Gasteiger partial charge on any atom is -0.452 e. The van der Waals surface area contributed by atoms with E-state index in [0.717, 1.165) is 6.42 Å². The van der Waals surface area contributed by atoms with E-state index < -0.39 is 28.8 Å². The van der Waals surface area contributed by atoms with E-state index in [2.05, 4.69) is 4.98 Å². The average molecular weight is 342 g/mol. The lowest BCUT2D eigenvalue weighted by atomic mass is 9.98. The maximum absolute atomic E-state index is 12.8. The molecule has 2 aliphatic heterocycles. The van der Waals surface area contributed by atoms with Crippen molar-refractivity contribution in [2.24, 2.45) is 0 Å². The summed E-state index contributed by atoms with van der Waals surface area (Å²) < 4.78 is 53.8. The zero-order valence-electron chi connectivity index (χ0n) is 10.1. The lowest BCUT2D eigenvalue weighted by Gasteiger charge is -2.16. The third kappa shape index (κ3) is 2.32. The summed E-state index contributed by atoms with van der Waals surface area (Å²) in [6.45, 7) is 0. The number of ether oxygens (including phenoxy) is 3. The molecule has 10 heteroatoms. The number of hydrogen-bond donors (Lipinski definition) is 0. The van der Waals surface area contributed by atoms with E-state index >= 15 is 0 Å². The van der Waals surface area contributed by atoms with E-state index in [-0.39, 0.29) is 28.9 Å². The number of carbonyl (C=O) groups excluding carboxylic acids is 1. The first-order chi connectivity index (χ1) is 9.84. The zero-order chi connectivity index (χ0) is 14.9. The summed E-state index contributed by atoms with van der Waals surface area (Å²) in [6, 6.07) is 0. The molecule has 4 unspecified atom stereocenters. The van der Waals surface area contributed by atoms with Crippen LogP contribution in [0.15, 0.2) is 0 Å². The Kier molecular flexibility index (Phi) is 2.82. The van der Waals surface area contributed by atoms with Gasteiger partial charge in [-0.05, 0) is 0 Å². The summed E-state index contributed by atoms with van der Waals surface area (Å²) in [4.78, 5) is 14.5. The molecule has 1 aromatic rings. The highest BCUT2D eigenvalue weighted by Gasteiger charge is 2.65. The molecule has 3 fully saturated rings. The van der Waals surface area contributed by atoms with E-state index in [1.165, 1.54) is 0 Å². The van der Waals surface area contributed by atoms with E-state index in [4.69, 9.17) is 25.8 Å². The minimum atomic E-state index is -4.76. The Hall–Kier alpha value is -0.900. The Labute approximate surface area is 124 Å². The zero-order valence-corrected chi connectivity index (χ0v) is 11.7. The summed E-state index contributed by atoms with van der Waals surface area (Å²) in [5, 5.41) is 0. The van der Waals surface area contributed by atoms with Crippen molar-refractivity contribution in [3.8, 4) is 0 Å². The van der Waals surface area contributed by atoms with E-state index in [1.54, 1.807) is 0 Å². The number of aromatic nitrogens is 1. The summed E-state index contributed by atoms with van der Waals surface area (Å²) >= 11 is 5.93. The molecule has 0 aromatic carbocycles. The third-order valence-corrected chi connectivity index (χ3v) is 4.79. The Bertz CT molecular complexity index is 605. The molecular formula is C11H7ClF3NO4S. The van der Waals surface area contributed by atoms with Crippen molar-refractivity contribution in [3.05, 3.63) is 15.0 Å². The highest BCUT2D eigenvalue weighted by molar-refractivity contribution is 7.17. The van der Waals surface area contributed by atoms with Gasteiger partial charge in [-0.3, -0.25) is 0 Å². The number of fused-ring (bicyclic) bond motifs is 2. The van der Waals surface area contributed by atoms with Gasteiger partial charge in [0.25, 0.3) is 0 Å². The molecule has 21 heavy (non-hydrogen) atoms. The molecule has 1 aliphatic carbocycles.